The molecule has 1 aromatic heterocycles. The molecule has 0 aliphatic carbocycles. The number of urea groups is 1. The van der Waals surface area contributed by atoms with E-state index in [0.29, 0.717) is 49.4 Å². The lowest BCUT2D eigenvalue weighted by Crippen LogP contribution is -2.46. The number of hydrogen-bond donors (Lipinski definition) is 1. The third kappa shape index (κ3) is 4.90. The van der Waals surface area contributed by atoms with Crippen molar-refractivity contribution in [3.63, 3.8) is 0 Å². The van der Waals surface area contributed by atoms with E-state index < -0.39 is 23.7 Å². The number of nitrogens with zero attached hydrogens (tertiary/aromatic N) is 4. The summed E-state index contributed by atoms with van der Waals surface area (Å²) in [5, 5.41) is 6.22. The van der Waals surface area contributed by atoms with E-state index in [0.717, 1.165) is 11.7 Å². The predicted octanol–water partition coefficient (Wildman–Crippen LogP) is 2.03. The standard InChI is InChI=1S/C18H22F3N5O3/c1-24-15(18(19,20)21)23-26(17(24)28)13-7-10-25(11-8-13)16(27)22-9-12-29-14-5-3-2-4-6-14/h2-6,13H,7-12H2,1H3,(H,22,27). The first-order chi connectivity index (χ1) is 13.8. The number of amides is 2. The number of benzene rings is 1. The van der Waals surface area contributed by atoms with Crippen LogP contribution in [0.1, 0.15) is 24.7 Å². The molecule has 0 spiro atoms. The molecular weight excluding hydrogens is 391 g/mol. The van der Waals surface area contributed by atoms with Crippen molar-refractivity contribution in [3.8, 4) is 5.75 Å². The van der Waals surface area contributed by atoms with Crippen LogP contribution in [0.4, 0.5) is 18.0 Å². The summed E-state index contributed by atoms with van der Waals surface area (Å²) in [4.78, 5) is 25.9. The van der Waals surface area contributed by atoms with Gasteiger partial charge >= 0.3 is 17.9 Å². The molecule has 0 atom stereocenters. The first-order valence-corrected chi connectivity index (χ1v) is 9.20. The molecular formula is C18H22F3N5O3. The molecule has 1 N–H and O–H groups in total. The lowest BCUT2D eigenvalue weighted by Gasteiger charge is -2.31. The maximum atomic E-state index is 12.9. The van der Waals surface area contributed by atoms with Crippen LogP contribution in [0.5, 0.6) is 5.75 Å². The number of carbonyl (C=O) groups excluding carboxylic acids is 1. The molecule has 11 heteroatoms. The van der Waals surface area contributed by atoms with Crippen LogP contribution in [-0.2, 0) is 13.2 Å². The zero-order chi connectivity index (χ0) is 21.0. The number of aromatic nitrogens is 3. The van der Waals surface area contributed by atoms with Crippen LogP contribution in [-0.4, -0.2) is 51.5 Å². The molecule has 158 valence electrons. The molecule has 1 aliphatic rings. The van der Waals surface area contributed by atoms with E-state index in [9.17, 15) is 22.8 Å². The molecule has 1 aromatic carbocycles. The Hall–Kier alpha value is -2.98. The highest BCUT2D eigenvalue weighted by atomic mass is 19.4. The van der Waals surface area contributed by atoms with Gasteiger partial charge in [0.1, 0.15) is 12.4 Å². The maximum Gasteiger partial charge on any atom is 0.451 e. The van der Waals surface area contributed by atoms with Crippen molar-refractivity contribution < 1.29 is 22.7 Å². The van der Waals surface area contributed by atoms with Crippen LogP contribution in [0.25, 0.3) is 0 Å². The molecule has 2 heterocycles. The van der Waals surface area contributed by atoms with Gasteiger partial charge in [-0.05, 0) is 25.0 Å². The fourth-order valence-corrected chi connectivity index (χ4v) is 3.21. The van der Waals surface area contributed by atoms with Gasteiger partial charge in [0.25, 0.3) is 0 Å². The van der Waals surface area contributed by atoms with Gasteiger partial charge in [0.05, 0.1) is 12.6 Å². The first-order valence-electron chi connectivity index (χ1n) is 9.20. The van der Waals surface area contributed by atoms with Crippen molar-refractivity contribution in [2.75, 3.05) is 26.2 Å². The molecule has 1 fully saturated rings. The average molecular weight is 413 g/mol. The van der Waals surface area contributed by atoms with Crippen LogP contribution in [0, 0.1) is 0 Å². The summed E-state index contributed by atoms with van der Waals surface area (Å²) in [6, 6.07) is 8.46. The van der Waals surface area contributed by atoms with Crippen LogP contribution in [0.3, 0.4) is 0 Å². The van der Waals surface area contributed by atoms with E-state index in [2.05, 4.69) is 10.4 Å². The monoisotopic (exact) mass is 413 g/mol. The zero-order valence-electron chi connectivity index (χ0n) is 15.9. The molecule has 0 radical (unpaired) electrons. The van der Waals surface area contributed by atoms with Crippen molar-refractivity contribution >= 4 is 6.03 Å². The number of halogens is 3. The van der Waals surface area contributed by atoms with Gasteiger partial charge in [-0.1, -0.05) is 18.2 Å². The molecule has 8 nitrogen and oxygen atoms in total. The second-order valence-corrected chi connectivity index (χ2v) is 6.72. The Morgan fingerprint density at radius 3 is 2.48 bits per heavy atom. The Morgan fingerprint density at radius 1 is 1.24 bits per heavy atom. The van der Waals surface area contributed by atoms with Gasteiger partial charge in [-0.2, -0.15) is 13.2 Å². The van der Waals surface area contributed by atoms with E-state index in [-0.39, 0.29) is 6.03 Å². The number of nitrogens with one attached hydrogen (secondary N) is 1. The van der Waals surface area contributed by atoms with Crippen molar-refractivity contribution in [2.24, 2.45) is 7.05 Å². The third-order valence-electron chi connectivity index (χ3n) is 4.74. The smallest absolute Gasteiger partial charge is 0.451 e. The summed E-state index contributed by atoms with van der Waals surface area (Å²) < 4.78 is 45.7. The lowest BCUT2D eigenvalue weighted by molar-refractivity contribution is -0.147. The fourth-order valence-electron chi connectivity index (χ4n) is 3.21. The molecule has 0 bridgehead atoms. The number of para-hydroxylation sites is 1. The summed E-state index contributed by atoms with van der Waals surface area (Å²) in [5.41, 5.74) is -0.807. The Labute approximate surface area is 164 Å². The number of ether oxygens (including phenoxy) is 1. The second-order valence-electron chi connectivity index (χ2n) is 6.72. The molecule has 2 amide bonds. The first kappa shape index (κ1) is 20.7. The highest BCUT2D eigenvalue weighted by molar-refractivity contribution is 5.74. The number of likely N-dealkylation sites (tertiary alicyclic amines) is 1. The van der Waals surface area contributed by atoms with Gasteiger partial charge in [-0.3, -0.25) is 4.57 Å². The molecule has 2 aromatic rings. The number of carbonyl (C=O) groups is 1. The third-order valence-corrected chi connectivity index (χ3v) is 4.74. The van der Waals surface area contributed by atoms with Gasteiger partial charge in [0, 0.05) is 20.1 Å². The van der Waals surface area contributed by atoms with E-state index in [1.54, 1.807) is 4.90 Å². The number of rotatable bonds is 5. The highest BCUT2D eigenvalue weighted by Crippen LogP contribution is 2.28. The summed E-state index contributed by atoms with van der Waals surface area (Å²) in [5.74, 6) is -0.511. The second kappa shape index (κ2) is 8.58. The number of hydrogen-bond acceptors (Lipinski definition) is 4. The van der Waals surface area contributed by atoms with Crippen molar-refractivity contribution in [3.05, 3.63) is 46.6 Å². The molecule has 29 heavy (non-hydrogen) atoms. The fraction of sp³-hybridized carbons (Fsp3) is 0.500. The molecule has 3 rings (SSSR count). The lowest BCUT2D eigenvalue weighted by atomic mass is 10.1. The van der Waals surface area contributed by atoms with Gasteiger partial charge in [0.15, 0.2) is 0 Å². The summed E-state index contributed by atoms with van der Waals surface area (Å²) >= 11 is 0. The van der Waals surface area contributed by atoms with Crippen LogP contribution < -0.4 is 15.7 Å². The Morgan fingerprint density at radius 2 is 1.90 bits per heavy atom. The Kier molecular flexibility index (Phi) is 6.14. The van der Waals surface area contributed by atoms with Gasteiger partial charge < -0.3 is 15.0 Å². The van der Waals surface area contributed by atoms with Crippen molar-refractivity contribution in [1.82, 2.24) is 24.6 Å². The maximum absolute atomic E-state index is 12.9. The van der Waals surface area contributed by atoms with Gasteiger partial charge in [-0.15, -0.1) is 5.10 Å². The van der Waals surface area contributed by atoms with E-state index in [1.807, 2.05) is 30.3 Å². The number of alkyl halides is 3. The van der Waals surface area contributed by atoms with E-state index in [4.69, 9.17) is 4.74 Å². The summed E-state index contributed by atoms with van der Waals surface area (Å²) in [6.07, 6.45) is -3.99. The topological polar surface area (TPSA) is 81.4 Å². The zero-order valence-corrected chi connectivity index (χ0v) is 15.9. The quantitative estimate of drug-likeness (QED) is 0.761. The molecule has 0 unspecified atom stereocenters. The van der Waals surface area contributed by atoms with Crippen molar-refractivity contribution in [1.29, 1.82) is 0 Å². The Bertz CT molecular complexity index is 886. The molecule has 1 saturated heterocycles. The number of piperidine rings is 1. The van der Waals surface area contributed by atoms with Gasteiger partial charge in [-0.25, -0.2) is 14.3 Å². The van der Waals surface area contributed by atoms with Crippen LogP contribution >= 0.6 is 0 Å². The van der Waals surface area contributed by atoms with E-state index >= 15 is 0 Å². The van der Waals surface area contributed by atoms with Gasteiger partial charge in [0.2, 0.25) is 5.82 Å². The summed E-state index contributed by atoms with van der Waals surface area (Å²) in [6.45, 7) is 1.28. The minimum absolute atomic E-state index is 0.274. The molecule has 1 aliphatic heterocycles. The largest absolute Gasteiger partial charge is 0.492 e. The minimum atomic E-state index is -4.69. The van der Waals surface area contributed by atoms with Crippen molar-refractivity contribution in [2.45, 2.75) is 25.1 Å². The van der Waals surface area contributed by atoms with Crippen LogP contribution in [0.2, 0.25) is 0 Å². The van der Waals surface area contributed by atoms with Crippen LogP contribution in [0.15, 0.2) is 35.1 Å². The van der Waals surface area contributed by atoms with E-state index in [1.165, 1.54) is 0 Å². The SMILES string of the molecule is Cn1c(C(F)(F)F)nn(C2CCN(C(=O)NCCOc3ccccc3)CC2)c1=O. The predicted molar refractivity (Wildman–Crippen MR) is 97.6 cm³/mol. The highest BCUT2D eigenvalue weighted by Gasteiger charge is 2.39. The summed E-state index contributed by atoms with van der Waals surface area (Å²) in [7, 11) is 1.05. The minimum Gasteiger partial charge on any atom is -0.492 e. The average Bonchev–Trinajstić information content (AvgIpc) is 3.01. The molecule has 0 saturated carbocycles. The Balaban J connectivity index is 1.48. The normalized spacial score (nSPS) is 15.4.